The summed E-state index contributed by atoms with van der Waals surface area (Å²) in [5.41, 5.74) is -0.0644. The fourth-order valence-corrected chi connectivity index (χ4v) is 3.80. The first-order valence-electron chi connectivity index (χ1n) is 10.2. The Hall–Kier alpha value is -2.90. The molecule has 0 aromatic heterocycles. The molecule has 1 fully saturated rings. The summed E-state index contributed by atoms with van der Waals surface area (Å²) in [6.45, 7) is 8.57. The average Bonchev–Trinajstić information content (AvgIpc) is 2.92. The molecule has 8 nitrogen and oxygen atoms in total. The molecule has 1 atom stereocenters. The van der Waals surface area contributed by atoms with Gasteiger partial charge in [0.1, 0.15) is 5.60 Å². The molecule has 3 amide bonds. The zero-order valence-corrected chi connectivity index (χ0v) is 17.8. The third kappa shape index (κ3) is 4.80. The number of rotatable bonds is 4. The van der Waals surface area contributed by atoms with Gasteiger partial charge in [-0.25, -0.2) is 9.59 Å². The van der Waals surface area contributed by atoms with Crippen LogP contribution in [0.25, 0.3) is 0 Å². The number of nitrogens with zero attached hydrogens (tertiary/aromatic N) is 2. The third-order valence-electron chi connectivity index (χ3n) is 5.43. The molecular formula is C22H28N2O6. The first-order valence-corrected chi connectivity index (χ1v) is 10.2. The highest BCUT2D eigenvalue weighted by atomic mass is 16.7. The summed E-state index contributed by atoms with van der Waals surface area (Å²) in [7, 11) is 0. The van der Waals surface area contributed by atoms with Gasteiger partial charge in [0.25, 0.3) is 11.8 Å². The van der Waals surface area contributed by atoms with E-state index in [2.05, 4.69) is 0 Å². The number of likely N-dealkylation sites (tertiary alicyclic amines) is 1. The molecule has 30 heavy (non-hydrogen) atoms. The summed E-state index contributed by atoms with van der Waals surface area (Å²) in [4.78, 5) is 56.0. The van der Waals surface area contributed by atoms with E-state index < -0.39 is 23.4 Å². The molecule has 0 bridgehead atoms. The number of imide groups is 1. The first kappa shape index (κ1) is 21.8. The summed E-state index contributed by atoms with van der Waals surface area (Å²) in [6.07, 6.45) is 1.27. The van der Waals surface area contributed by atoms with Crippen molar-refractivity contribution in [3.63, 3.8) is 0 Å². The average molecular weight is 416 g/mol. The number of fused-ring (bicyclic) bond motifs is 1. The molecule has 162 valence electrons. The Morgan fingerprint density at radius 3 is 2.10 bits per heavy atom. The quantitative estimate of drug-likeness (QED) is 0.699. The van der Waals surface area contributed by atoms with Gasteiger partial charge in [0.2, 0.25) is 0 Å². The van der Waals surface area contributed by atoms with E-state index in [-0.39, 0.29) is 35.5 Å². The van der Waals surface area contributed by atoms with Gasteiger partial charge in [0.05, 0.1) is 17.5 Å². The summed E-state index contributed by atoms with van der Waals surface area (Å²) >= 11 is 0. The number of hydrogen-bond donors (Lipinski definition) is 0. The van der Waals surface area contributed by atoms with E-state index in [9.17, 15) is 19.2 Å². The van der Waals surface area contributed by atoms with Crippen molar-refractivity contribution in [2.75, 3.05) is 13.1 Å². The van der Waals surface area contributed by atoms with E-state index in [1.807, 2.05) is 27.7 Å². The maximum absolute atomic E-state index is 12.4. The lowest BCUT2D eigenvalue weighted by atomic mass is 9.84. The molecule has 3 rings (SSSR count). The summed E-state index contributed by atoms with van der Waals surface area (Å²) in [5.74, 6) is -1.64. The highest BCUT2D eigenvalue weighted by molar-refractivity contribution is 6.20. The van der Waals surface area contributed by atoms with Crippen molar-refractivity contribution in [2.45, 2.75) is 52.6 Å². The Balaban J connectivity index is 1.48. The molecule has 0 radical (unpaired) electrons. The maximum atomic E-state index is 12.4. The zero-order valence-electron chi connectivity index (χ0n) is 17.8. The Morgan fingerprint density at radius 2 is 1.60 bits per heavy atom. The fraction of sp³-hybridized carbons (Fsp3) is 0.545. The smallest absolute Gasteiger partial charge is 0.410 e. The normalized spacial score (nSPS) is 18.3. The van der Waals surface area contributed by atoms with E-state index >= 15 is 0 Å². The van der Waals surface area contributed by atoms with E-state index in [1.165, 1.54) is 12.1 Å². The number of carbonyl (C=O) groups excluding carboxylic acids is 4. The molecule has 0 aliphatic carbocycles. The molecule has 0 saturated carbocycles. The molecule has 0 N–H and O–H groups in total. The van der Waals surface area contributed by atoms with E-state index in [0.717, 1.165) is 12.8 Å². The van der Waals surface area contributed by atoms with Gasteiger partial charge in [-0.05, 0) is 57.6 Å². The monoisotopic (exact) mass is 416 g/mol. The minimum absolute atomic E-state index is 0.00605. The molecule has 2 aliphatic heterocycles. The second-order valence-corrected chi connectivity index (χ2v) is 8.90. The lowest BCUT2D eigenvalue weighted by Gasteiger charge is -2.35. The van der Waals surface area contributed by atoms with Gasteiger partial charge in [-0.2, -0.15) is 0 Å². The highest BCUT2D eigenvalue weighted by Crippen LogP contribution is 2.29. The second kappa shape index (κ2) is 8.45. The Kier molecular flexibility index (Phi) is 6.14. The largest absolute Gasteiger partial charge is 0.444 e. The molecule has 2 heterocycles. The van der Waals surface area contributed by atoms with E-state index in [0.29, 0.717) is 18.2 Å². The molecule has 1 aromatic rings. The van der Waals surface area contributed by atoms with Gasteiger partial charge in [-0.3, -0.25) is 9.59 Å². The zero-order chi connectivity index (χ0) is 22.1. The summed E-state index contributed by atoms with van der Waals surface area (Å²) < 4.78 is 5.40. The Morgan fingerprint density at radius 1 is 1.07 bits per heavy atom. The number of hydroxylamine groups is 2. The third-order valence-corrected chi connectivity index (χ3v) is 5.43. The Labute approximate surface area is 176 Å². The van der Waals surface area contributed by atoms with Gasteiger partial charge in [0.15, 0.2) is 0 Å². The van der Waals surface area contributed by atoms with Crippen molar-refractivity contribution >= 4 is 23.9 Å². The minimum atomic E-state index is -0.623. The SMILES string of the molecule is CC(CC(=O)ON1C(=O)c2ccccc2C1=O)C1CCN(C(=O)OC(C)(C)C)CC1. The van der Waals surface area contributed by atoms with Crippen molar-refractivity contribution in [1.82, 2.24) is 9.96 Å². The minimum Gasteiger partial charge on any atom is -0.444 e. The van der Waals surface area contributed by atoms with Crippen molar-refractivity contribution in [3.05, 3.63) is 35.4 Å². The number of piperidine rings is 1. The molecule has 0 spiro atoms. The van der Waals surface area contributed by atoms with Crippen LogP contribution in [0, 0.1) is 11.8 Å². The molecule has 1 aromatic carbocycles. The molecule has 1 saturated heterocycles. The van der Waals surface area contributed by atoms with Crippen LogP contribution in [0.4, 0.5) is 4.79 Å². The molecule has 1 unspecified atom stereocenters. The van der Waals surface area contributed by atoms with Gasteiger partial charge in [-0.15, -0.1) is 0 Å². The first-order chi connectivity index (χ1) is 14.1. The number of ether oxygens (including phenoxy) is 1. The summed E-state index contributed by atoms with van der Waals surface area (Å²) in [5, 5.41) is 0.546. The van der Waals surface area contributed by atoms with E-state index in [4.69, 9.17) is 9.57 Å². The van der Waals surface area contributed by atoms with Crippen LogP contribution in [-0.4, -0.2) is 52.5 Å². The van der Waals surface area contributed by atoms with Crippen molar-refractivity contribution in [1.29, 1.82) is 0 Å². The molecule has 8 heteroatoms. The van der Waals surface area contributed by atoms with Crippen molar-refractivity contribution < 1.29 is 28.8 Å². The van der Waals surface area contributed by atoms with Crippen LogP contribution in [0.1, 0.15) is 67.7 Å². The number of amides is 3. The predicted molar refractivity (Wildman–Crippen MR) is 107 cm³/mol. The Bertz CT molecular complexity index is 816. The van der Waals surface area contributed by atoms with Crippen molar-refractivity contribution in [2.24, 2.45) is 11.8 Å². The number of benzene rings is 1. The van der Waals surface area contributed by atoms with Gasteiger partial charge >= 0.3 is 12.1 Å². The molecular weight excluding hydrogens is 388 g/mol. The van der Waals surface area contributed by atoms with Gasteiger partial charge in [0, 0.05) is 13.1 Å². The van der Waals surface area contributed by atoms with Crippen LogP contribution < -0.4 is 0 Å². The lowest BCUT2D eigenvalue weighted by Crippen LogP contribution is -2.43. The fourth-order valence-electron chi connectivity index (χ4n) is 3.80. The second-order valence-electron chi connectivity index (χ2n) is 8.90. The lowest BCUT2D eigenvalue weighted by molar-refractivity contribution is -0.170. The van der Waals surface area contributed by atoms with Gasteiger partial charge < -0.3 is 14.5 Å². The van der Waals surface area contributed by atoms with E-state index in [1.54, 1.807) is 17.0 Å². The van der Waals surface area contributed by atoms with Crippen molar-refractivity contribution in [3.8, 4) is 0 Å². The molecule has 2 aliphatic rings. The van der Waals surface area contributed by atoms with Crippen LogP contribution in [0.5, 0.6) is 0 Å². The maximum Gasteiger partial charge on any atom is 0.410 e. The van der Waals surface area contributed by atoms with Crippen LogP contribution in [0.15, 0.2) is 24.3 Å². The van der Waals surface area contributed by atoms with Crippen LogP contribution in [0.2, 0.25) is 0 Å². The van der Waals surface area contributed by atoms with Gasteiger partial charge in [-0.1, -0.05) is 24.1 Å². The topological polar surface area (TPSA) is 93.2 Å². The van der Waals surface area contributed by atoms with Crippen LogP contribution >= 0.6 is 0 Å². The number of hydrogen-bond acceptors (Lipinski definition) is 6. The summed E-state index contributed by atoms with van der Waals surface area (Å²) in [6, 6.07) is 6.37. The highest BCUT2D eigenvalue weighted by Gasteiger charge is 2.39. The predicted octanol–water partition coefficient (Wildman–Crippen LogP) is 3.41. The van der Waals surface area contributed by atoms with Crippen LogP contribution in [0.3, 0.4) is 0 Å². The number of carbonyl (C=O) groups is 4. The van der Waals surface area contributed by atoms with Crippen LogP contribution in [-0.2, 0) is 14.4 Å². The standard InChI is InChI=1S/C22H28N2O6/c1-14(15-9-11-23(12-10-15)21(28)29-22(2,3)4)13-18(25)30-24-19(26)16-7-5-6-8-17(16)20(24)27/h5-8,14-15H,9-13H2,1-4H3.